The second-order valence-electron chi connectivity index (χ2n) is 6.33. The highest BCUT2D eigenvalue weighted by atomic mass is 16.1. The summed E-state index contributed by atoms with van der Waals surface area (Å²) >= 11 is 0. The number of rotatable bonds is 12. The summed E-state index contributed by atoms with van der Waals surface area (Å²) in [6.07, 6.45) is 9.62. The van der Waals surface area contributed by atoms with Gasteiger partial charge in [0.15, 0.2) is 0 Å². The SMILES string of the molecule is CCCCCCCC(CCC)C(NC)(C(N)=O)C(C)C. The molecule has 0 saturated heterocycles. The van der Waals surface area contributed by atoms with Gasteiger partial charge in [-0.2, -0.15) is 0 Å². The molecule has 20 heavy (non-hydrogen) atoms. The number of likely N-dealkylation sites (N-methyl/N-ethyl adjacent to an activating group) is 1. The van der Waals surface area contributed by atoms with Crippen LogP contribution in [0.1, 0.15) is 79.1 Å². The monoisotopic (exact) mass is 284 g/mol. The number of nitrogens with two attached hydrogens (primary N) is 1. The quantitative estimate of drug-likeness (QED) is 0.535. The molecule has 0 spiro atoms. The molecule has 0 rings (SSSR count). The number of amides is 1. The van der Waals surface area contributed by atoms with Crippen molar-refractivity contribution in [3.8, 4) is 0 Å². The molecule has 0 saturated carbocycles. The lowest BCUT2D eigenvalue weighted by Crippen LogP contribution is -2.62. The fourth-order valence-electron chi connectivity index (χ4n) is 3.52. The van der Waals surface area contributed by atoms with E-state index in [9.17, 15) is 4.79 Å². The molecule has 0 aromatic heterocycles. The average Bonchev–Trinajstić information content (AvgIpc) is 2.38. The van der Waals surface area contributed by atoms with Gasteiger partial charge in [0.25, 0.3) is 0 Å². The molecule has 120 valence electrons. The first-order chi connectivity index (χ1) is 9.47. The fraction of sp³-hybridized carbons (Fsp3) is 0.941. The van der Waals surface area contributed by atoms with E-state index in [1.54, 1.807) is 0 Å². The zero-order valence-electron chi connectivity index (χ0n) is 14.3. The van der Waals surface area contributed by atoms with Gasteiger partial charge < -0.3 is 11.1 Å². The van der Waals surface area contributed by atoms with Crippen LogP contribution in [-0.2, 0) is 4.79 Å². The Morgan fingerprint density at radius 1 is 1.05 bits per heavy atom. The zero-order chi connectivity index (χ0) is 15.6. The van der Waals surface area contributed by atoms with Crippen LogP contribution < -0.4 is 11.1 Å². The van der Waals surface area contributed by atoms with Crippen LogP contribution in [0.2, 0.25) is 0 Å². The summed E-state index contributed by atoms with van der Waals surface area (Å²) in [6.45, 7) is 8.62. The number of nitrogens with one attached hydrogen (secondary N) is 1. The van der Waals surface area contributed by atoms with Gasteiger partial charge in [-0.1, -0.05) is 66.2 Å². The first-order valence-corrected chi connectivity index (χ1v) is 8.46. The van der Waals surface area contributed by atoms with Crippen molar-refractivity contribution in [1.82, 2.24) is 5.32 Å². The van der Waals surface area contributed by atoms with E-state index in [0.29, 0.717) is 5.92 Å². The summed E-state index contributed by atoms with van der Waals surface area (Å²) < 4.78 is 0. The van der Waals surface area contributed by atoms with E-state index in [1.165, 1.54) is 32.1 Å². The van der Waals surface area contributed by atoms with E-state index in [0.717, 1.165) is 19.3 Å². The number of primary amides is 1. The van der Waals surface area contributed by atoms with Gasteiger partial charge in [-0.25, -0.2) is 0 Å². The molecule has 0 radical (unpaired) electrons. The van der Waals surface area contributed by atoms with Gasteiger partial charge in [0, 0.05) is 0 Å². The maximum absolute atomic E-state index is 12.1. The molecule has 0 heterocycles. The standard InChI is InChI=1S/C17H36N2O/c1-6-8-9-10-11-13-15(12-7-2)17(19-5,14(3)4)16(18)20/h14-15,19H,6-13H2,1-5H3,(H2,18,20). The van der Waals surface area contributed by atoms with Crippen LogP contribution in [0.25, 0.3) is 0 Å². The maximum atomic E-state index is 12.1. The van der Waals surface area contributed by atoms with Gasteiger partial charge in [-0.05, 0) is 31.7 Å². The molecule has 0 aliphatic rings. The third-order valence-electron chi connectivity index (χ3n) is 4.67. The Balaban J connectivity index is 4.77. The molecular formula is C17H36N2O. The van der Waals surface area contributed by atoms with Crippen molar-refractivity contribution in [2.75, 3.05) is 7.05 Å². The number of carbonyl (C=O) groups is 1. The minimum atomic E-state index is -0.555. The second kappa shape index (κ2) is 10.2. The Hall–Kier alpha value is -0.570. The molecule has 0 aliphatic carbocycles. The van der Waals surface area contributed by atoms with Crippen molar-refractivity contribution < 1.29 is 4.79 Å². The number of carbonyl (C=O) groups excluding carboxylic acids is 1. The molecule has 0 aromatic rings. The van der Waals surface area contributed by atoms with Gasteiger partial charge in [0.05, 0.1) is 0 Å². The lowest BCUT2D eigenvalue weighted by molar-refractivity contribution is -0.129. The Kier molecular flexibility index (Phi) is 9.91. The summed E-state index contributed by atoms with van der Waals surface area (Å²) in [4.78, 5) is 12.1. The van der Waals surface area contributed by atoms with Crippen molar-refractivity contribution in [1.29, 1.82) is 0 Å². The highest BCUT2D eigenvalue weighted by Gasteiger charge is 2.44. The van der Waals surface area contributed by atoms with E-state index in [2.05, 4.69) is 33.0 Å². The Morgan fingerprint density at radius 3 is 2.05 bits per heavy atom. The Morgan fingerprint density at radius 2 is 1.65 bits per heavy atom. The molecular weight excluding hydrogens is 248 g/mol. The lowest BCUT2D eigenvalue weighted by Gasteiger charge is -2.41. The molecule has 0 bridgehead atoms. The second-order valence-corrected chi connectivity index (χ2v) is 6.33. The van der Waals surface area contributed by atoms with Crippen LogP contribution in [0.3, 0.4) is 0 Å². The minimum absolute atomic E-state index is 0.193. The summed E-state index contributed by atoms with van der Waals surface area (Å²) in [5, 5.41) is 3.28. The minimum Gasteiger partial charge on any atom is -0.368 e. The average molecular weight is 284 g/mol. The highest BCUT2D eigenvalue weighted by Crippen LogP contribution is 2.33. The van der Waals surface area contributed by atoms with Crippen molar-refractivity contribution in [2.45, 2.75) is 84.6 Å². The summed E-state index contributed by atoms with van der Waals surface area (Å²) in [7, 11) is 1.88. The van der Waals surface area contributed by atoms with Crippen LogP contribution in [0, 0.1) is 11.8 Å². The van der Waals surface area contributed by atoms with E-state index in [1.807, 2.05) is 7.05 Å². The molecule has 3 N–H and O–H groups in total. The molecule has 0 aromatic carbocycles. The summed E-state index contributed by atoms with van der Waals surface area (Å²) in [5.74, 6) is 0.371. The van der Waals surface area contributed by atoms with Gasteiger partial charge in [0.2, 0.25) is 5.91 Å². The van der Waals surface area contributed by atoms with Crippen LogP contribution in [0.15, 0.2) is 0 Å². The third kappa shape index (κ3) is 5.08. The molecule has 0 fully saturated rings. The van der Waals surface area contributed by atoms with Gasteiger partial charge in [-0.15, -0.1) is 0 Å². The maximum Gasteiger partial charge on any atom is 0.238 e. The molecule has 3 nitrogen and oxygen atoms in total. The molecule has 0 aliphatic heterocycles. The fourth-order valence-corrected chi connectivity index (χ4v) is 3.52. The smallest absolute Gasteiger partial charge is 0.238 e. The van der Waals surface area contributed by atoms with Gasteiger partial charge in [0.1, 0.15) is 5.54 Å². The van der Waals surface area contributed by atoms with E-state index < -0.39 is 5.54 Å². The number of unbranched alkanes of at least 4 members (excludes halogenated alkanes) is 4. The number of hydrogen-bond acceptors (Lipinski definition) is 2. The van der Waals surface area contributed by atoms with Crippen molar-refractivity contribution >= 4 is 5.91 Å². The highest BCUT2D eigenvalue weighted by molar-refractivity contribution is 5.85. The third-order valence-corrected chi connectivity index (χ3v) is 4.67. The first-order valence-electron chi connectivity index (χ1n) is 8.46. The predicted octanol–water partition coefficient (Wildman–Crippen LogP) is 3.86. The van der Waals surface area contributed by atoms with E-state index >= 15 is 0 Å². The van der Waals surface area contributed by atoms with Crippen molar-refractivity contribution in [2.24, 2.45) is 17.6 Å². The summed E-state index contributed by atoms with van der Waals surface area (Å²) in [6, 6.07) is 0. The lowest BCUT2D eigenvalue weighted by atomic mass is 9.70. The molecule has 1 amide bonds. The molecule has 2 atom stereocenters. The molecule has 2 unspecified atom stereocenters. The molecule has 3 heteroatoms. The van der Waals surface area contributed by atoms with Crippen molar-refractivity contribution in [3.63, 3.8) is 0 Å². The largest absolute Gasteiger partial charge is 0.368 e. The van der Waals surface area contributed by atoms with E-state index in [4.69, 9.17) is 5.73 Å². The topological polar surface area (TPSA) is 55.1 Å². The van der Waals surface area contributed by atoms with Crippen LogP contribution in [0.5, 0.6) is 0 Å². The Labute approximate surface area is 126 Å². The zero-order valence-corrected chi connectivity index (χ0v) is 14.3. The summed E-state index contributed by atoms with van der Waals surface area (Å²) in [5.41, 5.74) is 5.21. The van der Waals surface area contributed by atoms with E-state index in [-0.39, 0.29) is 11.8 Å². The van der Waals surface area contributed by atoms with Crippen LogP contribution in [-0.4, -0.2) is 18.5 Å². The van der Waals surface area contributed by atoms with Crippen molar-refractivity contribution in [3.05, 3.63) is 0 Å². The van der Waals surface area contributed by atoms with Crippen LogP contribution >= 0.6 is 0 Å². The predicted molar refractivity (Wildman–Crippen MR) is 87.6 cm³/mol. The normalized spacial score (nSPS) is 16.1. The number of hydrogen-bond donors (Lipinski definition) is 2. The Bertz CT molecular complexity index is 266. The van der Waals surface area contributed by atoms with Gasteiger partial charge >= 0.3 is 0 Å². The van der Waals surface area contributed by atoms with Gasteiger partial charge in [-0.3, -0.25) is 4.79 Å². The van der Waals surface area contributed by atoms with Crippen LogP contribution in [0.4, 0.5) is 0 Å². The first kappa shape index (κ1) is 19.4.